The molecule has 0 aliphatic carbocycles. The molecule has 1 fully saturated rings. The molecular weight excluding hydrogens is 354 g/mol. The lowest BCUT2D eigenvalue weighted by Gasteiger charge is -2.34. The second-order valence-corrected chi connectivity index (χ2v) is 8.21. The Morgan fingerprint density at radius 2 is 1.92 bits per heavy atom. The van der Waals surface area contributed by atoms with Crippen molar-refractivity contribution >= 4 is 34.9 Å². The van der Waals surface area contributed by atoms with Crippen LogP contribution in [0.15, 0.2) is 36.7 Å². The van der Waals surface area contributed by atoms with Crippen LogP contribution in [0.3, 0.4) is 0 Å². The maximum absolute atomic E-state index is 12.4. The van der Waals surface area contributed by atoms with Crippen LogP contribution in [0, 0.1) is 6.92 Å². The lowest BCUT2D eigenvalue weighted by molar-refractivity contribution is -0.129. The molecule has 1 aliphatic heterocycles. The van der Waals surface area contributed by atoms with Crippen molar-refractivity contribution < 1.29 is 9.59 Å². The van der Waals surface area contributed by atoms with E-state index < -0.39 is 0 Å². The van der Waals surface area contributed by atoms with Gasteiger partial charge in [0.15, 0.2) is 0 Å². The van der Waals surface area contributed by atoms with Gasteiger partial charge in [-0.2, -0.15) is 0 Å². The highest BCUT2D eigenvalue weighted by molar-refractivity contribution is 7.99. The number of piperazine rings is 1. The number of thioether (sulfide) groups is 1. The molecule has 2 aromatic rings. The van der Waals surface area contributed by atoms with Gasteiger partial charge in [-0.25, -0.2) is 0 Å². The molecule has 7 heteroatoms. The van der Waals surface area contributed by atoms with Gasteiger partial charge in [0.2, 0.25) is 5.91 Å². The third-order valence-corrected chi connectivity index (χ3v) is 6.06. The molecule has 25 heavy (non-hydrogen) atoms. The minimum absolute atomic E-state index is 0.0798. The Kier molecular flexibility index (Phi) is 6.09. The number of aromatic nitrogens is 1. The minimum atomic E-state index is 0.0798. The zero-order valence-electron chi connectivity index (χ0n) is 14.2. The van der Waals surface area contributed by atoms with Crippen molar-refractivity contribution in [3.8, 4) is 0 Å². The van der Waals surface area contributed by atoms with E-state index in [9.17, 15) is 9.59 Å². The topological polar surface area (TPSA) is 53.5 Å². The van der Waals surface area contributed by atoms with Crippen molar-refractivity contribution in [3.63, 3.8) is 0 Å². The molecule has 0 aromatic carbocycles. The average molecular weight is 376 g/mol. The molecule has 0 spiro atoms. The number of thiophene rings is 1. The first kappa shape index (κ1) is 17.9. The van der Waals surface area contributed by atoms with E-state index in [2.05, 4.69) is 4.98 Å². The smallest absolute Gasteiger partial charge is 0.264 e. The summed E-state index contributed by atoms with van der Waals surface area (Å²) in [6.45, 7) is 4.44. The maximum Gasteiger partial charge on any atom is 0.264 e. The summed E-state index contributed by atoms with van der Waals surface area (Å²) >= 11 is 3.13. The normalized spacial score (nSPS) is 14.6. The van der Waals surface area contributed by atoms with Crippen LogP contribution in [0.5, 0.6) is 0 Å². The van der Waals surface area contributed by atoms with Crippen LogP contribution >= 0.6 is 23.1 Å². The van der Waals surface area contributed by atoms with Gasteiger partial charge in [-0.1, -0.05) is 6.07 Å². The van der Waals surface area contributed by atoms with Crippen LogP contribution in [0.25, 0.3) is 0 Å². The summed E-state index contributed by atoms with van der Waals surface area (Å²) in [6, 6.07) is 7.77. The number of carbonyl (C=O) groups is 2. The molecule has 0 atom stereocenters. The van der Waals surface area contributed by atoms with Crippen molar-refractivity contribution in [1.29, 1.82) is 0 Å². The van der Waals surface area contributed by atoms with E-state index in [1.165, 1.54) is 11.3 Å². The van der Waals surface area contributed by atoms with Gasteiger partial charge >= 0.3 is 0 Å². The molecule has 1 saturated heterocycles. The van der Waals surface area contributed by atoms with Gasteiger partial charge in [-0.15, -0.1) is 23.1 Å². The summed E-state index contributed by atoms with van der Waals surface area (Å²) in [7, 11) is 0. The average Bonchev–Trinajstić information content (AvgIpc) is 3.08. The van der Waals surface area contributed by atoms with Crippen molar-refractivity contribution in [2.75, 3.05) is 31.9 Å². The second kappa shape index (κ2) is 8.49. The lowest BCUT2D eigenvalue weighted by Crippen LogP contribution is -2.51. The molecular formula is C18H21N3O2S2. The fraction of sp³-hybridized carbons (Fsp3) is 0.389. The van der Waals surface area contributed by atoms with Crippen molar-refractivity contribution in [2.45, 2.75) is 12.7 Å². The van der Waals surface area contributed by atoms with E-state index in [1.54, 1.807) is 18.0 Å². The fourth-order valence-electron chi connectivity index (χ4n) is 2.70. The Hall–Kier alpha value is -1.86. The third-order valence-electron chi connectivity index (χ3n) is 4.09. The SMILES string of the molecule is Cc1ccc(C(=O)N2CCN(C(=O)CSCc3cccnc3)CC2)s1. The Morgan fingerprint density at radius 1 is 1.16 bits per heavy atom. The predicted octanol–water partition coefficient (Wildman–Crippen LogP) is 2.67. The second-order valence-electron chi connectivity index (χ2n) is 5.94. The van der Waals surface area contributed by atoms with Crippen molar-refractivity contribution in [3.05, 3.63) is 52.0 Å². The molecule has 3 heterocycles. The van der Waals surface area contributed by atoms with Gasteiger partial charge in [0.25, 0.3) is 5.91 Å². The van der Waals surface area contributed by atoms with Crippen LogP contribution in [0.2, 0.25) is 0 Å². The first-order valence-electron chi connectivity index (χ1n) is 8.23. The molecule has 132 valence electrons. The number of pyridine rings is 1. The molecule has 3 rings (SSSR count). The molecule has 5 nitrogen and oxygen atoms in total. The Morgan fingerprint density at radius 3 is 2.56 bits per heavy atom. The Labute approximate surface area is 156 Å². The molecule has 2 amide bonds. The number of nitrogens with zero attached hydrogens (tertiary/aromatic N) is 3. The zero-order chi connectivity index (χ0) is 17.6. The predicted molar refractivity (Wildman–Crippen MR) is 102 cm³/mol. The molecule has 1 aliphatic rings. The van der Waals surface area contributed by atoms with Gasteiger partial charge < -0.3 is 9.80 Å². The standard InChI is InChI=1S/C18H21N3O2S2/c1-14-4-5-16(25-14)18(23)21-9-7-20(8-10-21)17(22)13-24-12-15-3-2-6-19-11-15/h2-6,11H,7-10,12-13H2,1H3. The van der Waals surface area contributed by atoms with Crippen LogP contribution < -0.4 is 0 Å². The number of rotatable bonds is 5. The zero-order valence-corrected chi connectivity index (χ0v) is 15.8. The number of aryl methyl sites for hydroxylation is 1. The highest BCUT2D eigenvalue weighted by Crippen LogP contribution is 2.18. The van der Waals surface area contributed by atoms with E-state index in [-0.39, 0.29) is 11.8 Å². The monoisotopic (exact) mass is 375 g/mol. The molecule has 2 aromatic heterocycles. The van der Waals surface area contributed by atoms with Crippen molar-refractivity contribution in [2.24, 2.45) is 0 Å². The number of hydrogen-bond acceptors (Lipinski definition) is 5. The maximum atomic E-state index is 12.4. The highest BCUT2D eigenvalue weighted by atomic mass is 32.2. The van der Waals surface area contributed by atoms with E-state index in [0.29, 0.717) is 31.9 Å². The van der Waals surface area contributed by atoms with E-state index in [4.69, 9.17) is 0 Å². The molecule has 0 bridgehead atoms. The molecule has 0 saturated carbocycles. The minimum Gasteiger partial charge on any atom is -0.338 e. The summed E-state index contributed by atoms with van der Waals surface area (Å²) < 4.78 is 0. The van der Waals surface area contributed by atoms with E-state index in [0.717, 1.165) is 21.1 Å². The van der Waals surface area contributed by atoms with Crippen LogP contribution in [-0.4, -0.2) is 58.5 Å². The molecule has 0 radical (unpaired) electrons. The number of hydrogen-bond donors (Lipinski definition) is 0. The Bertz CT molecular complexity index is 725. The van der Waals surface area contributed by atoms with E-state index >= 15 is 0 Å². The first-order chi connectivity index (χ1) is 12.1. The van der Waals surface area contributed by atoms with Gasteiger partial charge in [-0.05, 0) is 30.7 Å². The van der Waals surface area contributed by atoms with Gasteiger partial charge in [0, 0.05) is 49.2 Å². The number of amides is 2. The summed E-state index contributed by atoms with van der Waals surface area (Å²) in [5.41, 5.74) is 1.13. The van der Waals surface area contributed by atoms with Gasteiger partial charge in [0.05, 0.1) is 10.6 Å². The first-order valence-corrected chi connectivity index (χ1v) is 10.2. The molecule has 0 N–H and O–H groups in total. The van der Waals surface area contributed by atoms with Crippen LogP contribution in [0.4, 0.5) is 0 Å². The largest absolute Gasteiger partial charge is 0.338 e. The molecule has 0 unspecified atom stereocenters. The van der Waals surface area contributed by atoms with Crippen LogP contribution in [0.1, 0.15) is 20.1 Å². The quantitative estimate of drug-likeness (QED) is 0.806. The third kappa shape index (κ3) is 4.83. The summed E-state index contributed by atoms with van der Waals surface area (Å²) in [6.07, 6.45) is 3.58. The van der Waals surface area contributed by atoms with E-state index in [1.807, 2.05) is 47.2 Å². The van der Waals surface area contributed by atoms with Crippen molar-refractivity contribution in [1.82, 2.24) is 14.8 Å². The number of carbonyl (C=O) groups excluding carboxylic acids is 2. The van der Waals surface area contributed by atoms with Gasteiger partial charge in [-0.3, -0.25) is 14.6 Å². The lowest BCUT2D eigenvalue weighted by atomic mass is 10.3. The van der Waals surface area contributed by atoms with Gasteiger partial charge in [0.1, 0.15) is 0 Å². The highest BCUT2D eigenvalue weighted by Gasteiger charge is 2.25. The summed E-state index contributed by atoms with van der Waals surface area (Å²) in [5.74, 6) is 1.48. The summed E-state index contributed by atoms with van der Waals surface area (Å²) in [5, 5.41) is 0. The van der Waals surface area contributed by atoms with Crippen LogP contribution in [-0.2, 0) is 10.5 Å². The Balaban J connectivity index is 1.42. The summed E-state index contributed by atoms with van der Waals surface area (Å²) in [4.78, 5) is 34.5. The fourth-order valence-corrected chi connectivity index (χ4v) is 4.40.